The smallest absolute Gasteiger partial charge is 0.225 e. The summed E-state index contributed by atoms with van der Waals surface area (Å²) >= 11 is 1.54. The van der Waals surface area contributed by atoms with E-state index in [1.54, 1.807) is 12.4 Å². The van der Waals surface area contributed by atoms with Crippen LogP contribution in [-0.4, -0.2) is 51.2 Å². The van der Waals surface area contributed by atoms with Gasteiger partial charge < -0.3 is 10.2 Å². The minimum Gasteiger partial charge on any atom is -0.352 e. The van der Waals surface area contributed by atoms with E-state index in [2.05, 4.69) is 30.2 Å². The van der Waals surface area contributed by atoms with E-state index in [9.17, 15) is 4.79 Å². The lowest BCUT2D eigenvalue weighted by atomic mass is 10.0. The third-order valence-corrected chi connectivity index (χ3v) is 5.35. The Bertz CT molecular complexity index is 762. The topological polar surface area (TPSA) is 83.9 Å². The van der Waals surface area contributed by atoms with Gasteiger partial charge in [0.2, 0.25) is 11.9 Å². The lowest BCUT2D eigenvalue weighted by molar-refractivity contribution is -0.121. The summed E-state index contributed by atoms with van der Waals surface area (Å²) in [6, 6.07) is 1.94. The van der Waals surface area contributed by atoms with Gasteiger partial charge in [0.05, 0.1) is 0 Å². The third kappa shape index (κ3) is 5.15. The van der Waals surface area contributed by atoms with Crippen LogP contribution in [0, 0.1) is 13.8 Å². The minimum absolute atomic E-state index is 0.0728. The van der Waals surface area contributed by atoms with Gasteiger partial charge in [-0.25, -0.2) is 19.9 Å². The highest BCUT2D eigenvalue weighted by atomic mass is 32.2. The first-order valence-electron chi connectivity index (χ1n) is 9.26. The van der Waals surface area contributed by atoms with Gasteiger partial charge in [0.15, 0.2) is 5.16 Å². The van der Waals surface area contributed by atoms with E-state index in [0.29, 0.717) is 12.8 Å². The van der Waals surface area contributed by atoms with Crippen LogP contribution in [0.5, 0.6) is 0 Å². The number of aromatic nitrogens is 4. The van der Waals surface area contributed by atoms with E-state index >= 15 is 0 Å². The van der Waals surface area contributed by atoms with E-state index in [0.717, 1.165) is 54.0 Å². The number of thioether (sulfide) groups is 1. The second-order valence-corrected chi connectivity index (χ2v) is 7.53. The molecular weight excluding hydrogens is 360 g/mol. The van der Waals surface area contributed by atoms with Crippen molar-refractivity contribution < 1.29 is 4.79 Å². The average molecular weight is 387 g/mol. The van der Waals surface area contributed by atoms with Gasteiger partial charge in [-0.05, 0) is 51.0 Å². The van der Waals surface area contributed by atoms with Crippen molar-refractivity contribution in [3.63, 3.8) is 0 Å². The second-order valence-electron chi connectivity index (χ2n) is 6.76. The average Bonchev–Trinajstić information content (AvgIpc) is 2.68. The monoisotopic (exact) mass is 386 g/mol. The fourth-order valence-electron chi connectivity index (χ4n) is 3.43. The molecule has 1 amide bonds. The van der Waals surface area contributed by atoms with Crippen molar-refractivity contribution in [2.75, 3.05) is 24.2 Å². The molecule has 2 aromatic heterocycles. The summed E-state index contributed by atoms with van der Waals surface area (Å²) in [6.07, 6.45) is 8.58. The first kappa shape index (κ1) is 19.5. The summed E-state index contributed by atoms with van der Waals surface area (Å²) in [4.78, 5) is 32.2. The van der Waals surface area contributed by atoms with E-state index in [1.807, 2.05) is 26.2 Å². The Balaban J connectivity index is 1.54. The zero-order chi connectivity index (χ0) is 19.2. The molecule has 27 heavy (non-hydrogen) atoms. The van der Waals surface area contributed by atoms with Gasteiger partial charge in [-0.15, -0.1) is 0 Å². The van der Waals surface area contributed by atoms with Gasteiger partial charge >= 0.3 is 0 Å². The second kappa shape index (κ2) is 9.12. The molecule has 2 aromatic rings. The molecule has 0 radical (unpaired) electrons. The number of nitrogens with zero attached hydrogens (tertiary/aromatic N) is 5. The molecule has 3 heterocycles. The quantitative estimate of drug-likeness (QED) is 0.602. The van der Waals surface area contributed by atoms with Crippen molar-refractivity contribution in [3.05, 3.63) is 35.4 Å². The van der Waals surface area contributed by atoms with Crippen molar-refractivity contribution in [3.8, 4) is 0 Å². The number of hydrogen-bond acceptors (Lipinski definition) is 7. The van der Waals surface area contributed by atoms with Crippen LogP contribution in [0.2, 0.25) is 0 Å². The van der Waals surface area contributed by atoms with Gasteiger partial charge in [0, 0.05) is 49.3 Å². The number of aryl methyl sites for hydroxylation is 2. The van der Waals surface area contributed by atoms with Crippen molar-refractivity contribution in [2.24, 2.45) is 0 Å². The third-order valence-electron chi connectivity index (χ3n) is 4.81. The predicted octanol–water partition coefficient (Wildman–Crippen LogP) is 2.32. The molecule has 144 valence electrons. The molecule has 1 saturated heterocycles. The normalized spacial score (nSPS) is 17.0. The van der Waals surface area contributed by atoms with Crippen LogP contribution in [0.1, 0.15) is 36.2 Å². The van der Waals surface area contributed by atoms with Gasteiger partial charge in [-0.1, -0.05) is 11.8 Å². The Labute approximate surface area is 164 Å². The summed E-state index contributed by atoms with van der Waals surface area (Å²) in [5.41, 5.74) is 3.00. The fraction of sp³-hybridized carbons (Fsp3) is 0.526. The first-order chi connectivity index (χ1) is 13.1. The highest BCUT2D eigenvalue weighted by Crippen LogP contribution is 2.18. The Hall–Kier alpha value is -2.22. The molecule has 1 unspecified atom stereocenters. The molecule has 1 N–H and O–H groups in total. The summed E-state index contributed by atoms with van der Waals surface area (Å²) < 4.78 is 0. The van der Waals surface area contributed by atoms with Crippen LogP contribution in [0.15, 0.2) is 23.6 Å². The van der Waals surface area contributed by atoms with Crippen molar-refractivity contribution in [1.82, 2.24) is 25.3 Å². The Morgan fingerprint density at radius 1 is 1.26 bits per heavy atom. The van der Waals surface area contributed by atoms with E-state index in [1.165, 1.54) is 11.8 Å². The number of hydrogen-bond donors (Lipinski definition) is 1. The molecule has 0 aliphatic carbocycles. The maximum absolute atomic E-state index is 12.5. The van der Waals surface area contributed by atoms with E-state index < -0.39 is 0 Å². The largest absolute Gasteiger partial charge is 0.352 e. The van der Waals surface area contributed by atoms with E-state index in [-0.39, 0.29) is 11.9 Å². The van der Waals surface area contributed by atoms with Gasteiger partial charge in [-0.2, -0.15) is 0 Å². The van der Waals surface area contributed by atoms with E-state index in [4.69, 9.17) is 0 Å². The molecule has 0 spiro atoms. The Morgan fingerprint density at radius 3 is 2.63 bits per heavy atom. The molecule has 7 nitrogen and oxygen atoms in total. The van der Waals surface area contributed by atoms with Crippen LogP contribution in [0.3, 0.4) is 0 Å². The number of nitrogens with one attached hydrogen (secondary N) is 1. The minimum atomic E-state index is 0.0728. The molecule has 1 aliphatic rings. The molecule has 0 aromatic carbocycles. The maximum Gasteiger partial charge on any atom is 0.225 e. The van der Waals surface area contributed by atoms with Crippen molar-refractivity contribution in [2.45, 2.75) is 50.7 Å². The Kier molecular flexibility index (Phi) is 6.60. The summed E-state index contributed by atoms with van der Waals surface area (Å²) in [5, 5.41) is 3.95. The molecule has 0 saturated carbocycles. The summed E-state index contributed by atoms with van der Waals surface area (Å²) in [6.45, 7) is 5.65. The first-order valence-corrected chi connectivity index (χ1v) is 10.5. The molecule has 1 aliphatic heterocycles. The summed E-state index contributed by atoms with van der Waals surface area (Å²) in [5.74, 6) is 0.803. The summed E-state index contributed by atoms with van der Waals surface area (Å²) in [7, 11) is 0. The number of piperidine rings is 1. The molecular formula is C19H26N6OS. The van der Waals surface area contributed by atoms with Crippen LogP contribution in [0.4, 0.5) is 5.95 Å². The number of carbonyl (C=O) groups is 1. The van der Waals surface area contributed by atoms with Gasteiger partial charge in [0.1, 0.15) is 0 Å². The molecule has 8 heteroatoms. The van der Waals surface area contributed by atoms with Crippen LogP contribution in [0.25, 0.3) is 0 Å². The Morgan fingerprint density at radius 2 is 1.96 bits per heavy atom. The van der Waals surface area contributed by atoms with Gasteiger partial charge in [0.25, 0.3) is 0 Å². The van der Waals surface area contributed by atoms with Crippen LogP contribution < -0.4 is 10.2 Å². The molecule has 3 rings (SSSR count). The zero-order valence-corrected chi connectivity index (χ0v) is 16.9. The zero-order valence-electron chi connectivity index (χ0n) is 16.1. The standard InChI is InChI=1S/C19H26N6OS/c1-13-16(14(2)23-19(22-13)27-3)7-8-17(26)24-15-6-4-11-25(12-15)18-20-9-5-10-21-18/h5,9-10,15H,4,6-8,11-12H2,1-3H3,(H,24,26). The maximum atomic E-state index is 12.5. The lowest BCUT2D eigenvalue weighted by Crippen LogP contribution is -2.48. The SMILES string of the molecule is CSc1nc(C)c(CCC(=O)NC2CCCN(c3ncccn3)C2)c(C)n1. The fourth-order valence-corrected chi connectivity index (χ4v) is 3.89. The van der Waals surface area contributed by atoms with Crippen molar-refractivity contribution in [1.29, 1.82) is 0 Å². The highest BCUT2D eigenvalue weighted by Gasteiger charge is 2.23. The number of rotatable bonds is 6. The molecule has 1 fully saturated rings. The number of carbonyl (C=O) groups excluding carboxylic acids is 1. The lowest BCUT2D eigenvalue weighted by Gasteiger charge is -2.33. The number of anilines is 1. The predicted molar refractivity (Wildman–Crippen MR) is 107 cm³/mol. The number of amides is 1. The highest BCUT2D eigenvalue weighted by molar-refractivity contribution is 7.98. The van der Waals surface area contributed by atoms with Crippen LogP contribution in [-0.2, 0) is 11.2 Å². The van der Waals surface area contributed by atoms with Crippen LogP contribution >= 0.6 is 11.8 Å². The van der Waals surface area contributed by atoms with Gasteiger partial charge in [-0.3, -0.25) is 4.79 Å². The molecule has 0 bridgehead atoms. The van der Waals surface area contributed by atoms with Crippen molar-refractivity contribution >= 4 is 23.6 Å². The molecule has 1 atom stereocenters.